The summed E-state index contributed by atoms with van der Waals surface area (Å²) in [7, 11) is 0. The first-order chi connectivity index (χ1) is 7.83. The third-order valence-corrected chi connectivity index (χ3v) is 4.28. The number of carbonyl (C=O) groups excluding carboxylic acids is 1. The Balaban J connectivity index is 2.39. The number of hydrogen-bond acceptors (Lipinski definition) is 2. The molecular formula is C14H28N2O. The summed E-state index contributed by atoms with van der Waals surface area (Å²) in [5.41, 5.74) is 0.175. The molecule has 1 rings (SSSR count). The molecule has 2 N–H and O–H groups in total. The van der Waals surface area contributed by atoms with Gasteiger partial charge >= 0.3 is 0 Å². The SMILES string of the molecule is CC1CC(C(=O)NCC(C)(C)C(C)C)CCN1. The summed E-state index contributed by atoms with van der Waals surface area (Å²) >= 11 is 0. The van der Waals surface area contributed by atoms with Crippen LogP contribution in [-0.4, -0.2) is 25.0 Å². The summed E-state index contributed by atoms with van der Waals surface area (Å²) in [6.07, 6.45) is 1.94. The number of piperidine rings is 1. The van der Waals surface area contributed by atoms with Crippen molar-refractivity contribution in [1.29, 1.82) is 0 Å². The number of hydrogen-bond donors (Lipinski definition) is 2. The second kappa shape index (κ2) is 5.85. The van der Waals surface area contributed by atoms with Crippen molar-refractivity contribution in [3.63, 3.8) is 0 Å². The molecule has 1 heterocycles. The topological polar surface area (TPSA) is 41.1 Å². The summed E-state index contributed by atoms with van der Waals surface area (Å²) in [5.74, 6) is 1.02. The van der Waals surface area contributed by atoms with E-state index in [1.54, 1.807) is 0 Å². The van der Waals surface area contributed by atoms with Crippen LogP contribution in [0.2, 0.25) is 0 Å². The fourth-order valence-electron chi connectivity index (χ4n) is 2.03. The van der Waals surface area contributed by atoms with Gasteiger partial charge in [0.15, 0.2) is 0 Å². The van der Waals surface area contributed by atoms with Gasteiger partial charge < -0.3 is 10.6 Å². The first-order valence-corrected chi connectivity index (χ1v) is 6.84. The fraction of sp³-hybridized carbons (Fsp3) is 0.929. The van der Waals surface area contributed by atoms with Crippen LogP contribution >= 0.6 is 0 Å². The van der Waals surface area contributed by atoms with Gasteiger partial charge in [-0.25, -0.2) is 0 Å². The molecule has 1 amide bonds. The molecule has 17 heavy (non-hydrogen) atoms. The van der Waals surface area contributed by atoms with E-state index in [1.165, 1.54) is 0 Å². The fourth-order valence-corrected chi connectivity index (χ4v) is 2.03. The molecule has 0 aliphatic carbocycles. The maximum Gasteiger partial charge on any atom is 0.223 e. The highest BCUT2D eigenvalue weighted by molar-refractivity contribution is 5.78. The van der Waals surface area contributed by atoms with Crippen LogP contribution in [0, 0.1) is 17.3 Å². The van der Waals surface area contributed by atoms with E-state index in [0.29, 0.717) is 12.0 Å². The van der Waals surface area contributed by atoms with E-state index in [4.69, 9.17) is 0 Å². The van der Waals surface area contributed by atoms with Crippen molar-refractivity contribution >= 4 is 5.91 Å². The Morgan fingerprint density at radius 2 is 2.12 bits per heavy atom. The highest BCUT2D eigenvalue weighted by Gasteiger charge is 2.27. The number of nitrogens with one attached hydrogen (secondary N) is 2. The molecular weight excluding hydrogens is 212 g/mol. The molecule has 0 aromatic heterocycles. The Hall–Kier alpha value is -0.570. The largest absolute Gasteiger partial charge is 0.355 e. The molecule has 0 bridgehead atoms. The van der Waals surface area contributed by atoms with Gasteiger partial charge in [-0.05, 0) is 37.6 Å². The van der Waals surface area contributed by atoms with E-state index in [-0.39, 0.29) is 17.2 Å². The van der Waals surface area contributed by atoms with Gasteiger partial charge in [0, 0.05) is 18.5 Å². The molecule has 0 radical (unpaired) electrons. The highest BCUT2D eigenvalue weighted by Crippen LogP contribution is 2.25. The van der Waals surface area contributed by atoms with Gasteiger partial charge in [-0.2, -0.15) is 0 Å². The third kappa shape index (κ3) is 4.30. The standard InChI is InChI=1S/C14H28N2O/c1-10(2)14(4,5)9-16-13(17)12-6-7-15-11(3)8-12/h10-12,15H,6-9H2,1-5H3,(H,16,17). The van der Waals surface area contributed by atoms with Crippen LogP contribution < -0.4 is 10.6 Å². The second-order valence-electron chi connectivity index (χ2n) is 6.44. The van der Waals surface area contributed by atoms with Crippen LogP contribution in [0.3, 0.4) is 0 Å². The minimum atomic E-state index is 0.175. The van der Waals surface area contributed by atoms with E-state index < -0.39 is 0 Å². The van der Waals surface area contributed by atoms with Crippen LogP contribution in [-0.2, 0) is 4.79 Å². The minimum Gasteiger partial charge on any atom is -0.355 e. The normalized spacial score (nSPS) is 26.0. The second-order valence-corrected chi connectivity index (χ2v) is 6.44. The van der Waals surface area contributed by atoms with Crippen LogP contribution in [0.25, 0.3) is 0 Å². The molecule has 1 saturated heterocycles. The lowest BCUT2D eigenvalue weighted by Gasteiger charge is -2.32. The molecule has 1 fully saturated rings. The predicted octanol–water partition coefficient (Wildman–Crippen LogP) is 2.17. The third-order valence-electron chi connectivity index (χ3n) is 4.28. The lowest BCUT2D eigenvalue weighted by atomic mass is 9.81. The first-order valence-electron chi connectivity index (χ1n) is 6.84. The molecule has 0 spiro atoms. The summed E-state index contributed by atoms with van der Waals surface area (Å²) in [6.45, 7) is 12.7. The highest BCUT2D eigenvalue weighted by atomic mass is 16.1. The Morgan fingerprint density at radius 1 is 1.47 bits per heavy atom. The number of amides is 1. The predicted molar refractivity (Wildman–Crippen MR) is 71.8 cm³/mol. The zero-order valence-corrected chi connectivity index (χ0v) is 12.0. The van der Waals surface area contributed by atoms with Gasteiger partial charge in [-0.3, -0.25) is 4.79 Å². The molecule has 1 aliphatic heterocycles. The Labute approximate surface area is 106 Å². The number of carbonyl (C=O) groups is 1. The smallest absolute Gasteiger partial charge is 0.223 e. The van der Waals surface area contributed by atoms with Crippen molar-refractivity contribution in [3.05, 3.63) is 0 Å². The van der Waals surface area contributed by atoms with Crippen LogP contribution in [0.15, 0.2) is 0 Å². The summed E-state index contributed by atoms with van der Waals surface area (Å²) in [5, 5.41) is 6.51. The molecule has 1 aliphatic rings. The van der Waals surface area contributed by atoms with Gasteiger partial charge in [0.25, 0.3) is 0 Å². The van der Waals surface area contributed by atoms with Crippen molar-refractivity contribution < 1.29 is 4.79 Å². The number of rotatable bonds is 4. The molecule has 3 nitrogen and oxygen atoms in total. The summed E-state index contributed by atoms with van der Waals surface area (Å²) in [6, 6.07) is 0.470. The molecule has 2 atom stereocenters. The summed E-state index contributed by atoms with van der Waals surface area (Å²) < 4.78 is 0. The van der Waals surface area contributed by atoms with E-state index in [9.17, 15) is 4.79 Å². The molecule has 0 aromatic rings. The van der Waals surface area contributed by atoms with Crippen LogP contribution in [0.4, 0.5) is 0 Å². The van der Waals surface area contributed by atoms with Crippen molar-refractivity contribution in [1.82, 2.24) is 10.6 Å². The van der Waals surface area contributed by atoms with Crippen molar-refractivity contribution in [2.45, 2.75) is 53.5 Å². The Morgan fingerprint density at radius 3 is 2.65 bits per heavy atom. The van der Waals surface area contributed by atoms with E-state index >= 15 is 0 Å². The lowest BCUT2D eigenvalue weighted by Crippen LogP contribution is -2.45. The monoisotopic (exact) mass is 240 g/mol. The molecule has 100 valence electrons. The van der Waals surface area contributed by atoms with Gasteiger partial charge in [0.1, 0.15) is 0 Å². The van der Waals surface area contributed by atoms with Crippen molar-refractivity contribution in [3.8, 4) is 0 Å². The van der Waals surface area contributed by atoms with Gasteiger partial charge in [0.2, 0.25) is 5.91 Å². The molecule has 0 saturated carbocycles. The van der Waals surface area contributed by atoms with Gasteiger partial charge in [-0.15, -0.1) is 0 Å². The maximum absolute atomic E-state index is 12.1. The van der Waals surface area contributed by atoms with Crippen molar-refractivity contribution in [2.75, 3.05) is 13.1 Å². The zero-order chi connectivity index (χ0) is 13.1. The average Bonchev–Trinajstić information content (AvgIpc) is 2.25. The Bertz CT molecular complexity index is 261. The molecule has 3 heteroatoms. The maximum atomic E-state index is 12.1. The first kappa shape index (κ1) is 14.5. The lowest BCUT2D eigenvalue weighted by molar-refractivity contribution is -0.126. The van der Waals surface area contributed by atoms with E-state index in [2.05, 4.69) is 45.3 Å². The van der Waals surface area contributed by atoms with E-state index in [0.717, 1.165) is 25.9 Å². The molecule has 2 unspecified atom stereocenters. The quantitative estimate of drug-likeness (QED) is 0.791. The summed E-state index contributed by atoms with van der Waals surface area (Å²) in [4.78, 5) is 12.1. The van der Waals surface area contributed by atoms with Crippen molar-refractivity contribution in [2.24, 2.45) is 17.3 Å². The van der Waals surface area contributed by atoms with Crippen LogP contribution in [0.5, 0.6) is 0 Å². The Kier molecular flexibility index (Phi) is 4.99. The van der Waals surface area contributed by atoms with Gasteiger partial charge in [0.05, 0.1) is 0 Å². The minimum absolute atomic E-state index is 0.175. The van der Waals surface area contributed by atoms with Crippen LogP contribution in [0.1, 0.15) is 47.5 Å². The average molecular weight is 240 g/mol. The molecule has 0 aromatic carbocycles. The van der Waals surface area contributed by atoms with Gasteiger partial charge in [-0.1, -0.05) is 27.7 Å². The van der Waals surface area contributed by atoms with E-state index in [1.807, 2.05) is 0 Å². The zero-order valence-electron chi connectivity index (χ0n) is 12.0.